The number of benzene rings is 2. The van der Waals surface area contributed by atoms with E-state index >= 15 is 0 Å². The zero-order valence-electron chi connectivity index (χ0n) is 13.1. The van der Waals surface area contributed by atoms with Crippen LogP contribution in [0.25, 0.3) is 0 Å². The van der Waals surface area contributed by atoms with E-state index in [9.17, 15) is 8.42 Å². The first-order valence-electron chi connectivity index (χ1n) is 7.50. The molecule has 1 aliphatic rings. The van der Waals surface area contributed by atoms with E-state index in [0.717, 1.165) is 5.56 Å². The van der Waals surface area contributed by atoms with Crippen LogP contribution in [0.1, 0.15) is 11.1 Å². The Morgan fingerprint density at radius 3 is 2.46 bits per heavy atom. The number of halogens is 2. The van der Waals surface area contributed by atoms with E-state index in [1.165, 1.54) is 4.31 Å². The van der Waals surface area contributed by atoms with E-state index in [4.69, 9.17) is 27.9 Å². The molecule has 0 spiro atoms. The standard InChI is InChI=1S/C17H17Cl2NO3S/c1-12-15(18)7-4-8-17(12)24(21,22)20-9-14(10-20)23-11-13-5-2-3-6-16(13)19/h2-8,14H,9-11H2,1H3. The lowest BCUT2D eigenvalue weighted by atomic mass is 10.2. The largest absolute Gasteiger partial charge is 0.371 e. The summed E-state index contributed by atoms with van der Waals surface area (Å²) in [4.78, 5) is 0.250. The summed E-state index contributed by atoms with van der Waals surface area (Å²) >= 11 is 12.1. The molecule has 0 aliphatic carbocycles. The summed E-state index contributed by atoms with van der Waals surface area (Å²) in [5.74, 6) is 0. The molecule has 0 aromatic heterocycles. The van der Waals surface area contributed by atoms with Gasteiger partial charge in [-0.05, 0) is 36.2 Å². The molecule has 0 N–H and O–H groups in total. The quantitative estimate of drug-likeness (QED) is 0.783. The molecule has 2 aromatic carbocycles. The van der Waals surface area contributed by atoms with Gasteiger partial charge in [-0.2, -0.15) is 4.31 Å². The van der Waals surface area contributed by atoms with Gasteiger partial charge >= 0.3 is 0 Å². The third-order valence-electron chi connectivity index (χ3n) is 4.08. The molecule has 24 heavy (non-hydrogen) atoms. The van der Waals surface area contributed by atoms with Crippen LogP contribution in [0.2, 0.25) is 10.0 Å². The Morgan fingerprint density at radius 2 is 1.75 bits per heavy atom. The average Bonchev–Trinajstić information content (AvgIpc) is 2.49. The molecule has 0 amide bonds. The Morgan fingerprint density at radius 1 is 1.08 bits per heavy atom. The molecule has 0 bridgehead atoms. The van der Waals surface area contributed by atoms with E-state index in [0.29, 0.717) is 35.3 Å². The maximum Gasteiger partial charge on any atom is 0.243 e. The minimum Gasteiger partial charge on any atom is -0.371 e. The Labute approximate surface area is 152 Å². The molecule has 7 heteroatoms. The fraction of sp³-hybridized carbons (Fsp3) is 0.294. The highest BCUT2D eigenvalue weighted by atomic mass is 35.5. The van der Waals surface area contributed by atoms with Crippen LogP contribution in [-0.4, -0.2) is 31.9 Å². The van der Waals surface area contributed by atoms with E-state index in [-0.39, 0.29) is 11.0 Å². The van der Waals surface area contributed by atoms with E-state index in [1.807, 2.05) is 18.2 Å². The lowest BCUT2D eigenvalue weighted by Crippen LogP contribution is -2.54. The molecular weight excluding hydrogens is 369 g/mol. The Balaban J connectivity index is 1.62. The van der Waals surface area contributed by atoms with Crippen molar-refractivity contribution in [3.63, 3.8) is 0 Å². The highest BCUT2D eigenvalue weighted by Crippen LogP contribution is 2.29. The van der Waals surface area contributed by atoms with Gasteiger partial charge in [0.05, 0.1) is 17.6 Å². The summed E-state index contributed by atoms with van der Waals surface area (Å²) in [5.41, 5.74) is 1.46. The SMILES string of the molecule is Cc1c(Cl)cccc1S(=O)(=O)N1CC(OCc2ccccc2Cl)C1. The van der Waals surface area contributed by atoms with Crippen molar-refractivity contribution in [2.45, 2.75) is 24.5 Å². The van der Waals surface area contributed by atoms with Crippen molar-refractivity contribution in [1.82, 2.24) is 4.31 Å². The lowest BCUT2D eigenvalue weighted by molar-refractivity contribution is -0.0295. The van der Waals surface area contributed by atoms with Gasteiger partial charge in [0.1, 0.15) is 0 Å². The second kappa shape index (κ2) is 7.02. The average molecular weight is 386 g/mol. The second-order valence-electron chi connectivity index (χ2n) is 5.71. The highest BCUT2D eigenvalue weighted by Gasteiger charge is 2.38. The van der Waals surface area contributed by atoms with Crippen LogP contribution in [0.5, 0.6) is 0 Å². The van der Waals surface area contributed by atoms with Gasteiger partial charge in [0.15, 0.2) is 0 Å². The Hall–Kier alpha value is -1.11. The normalized spacial score (nSPS) is 16.1. The highest BCUT2D eigenvalue weighted by molar-refractivity contribution is 7.89. The number of hydrogen-bond acceptors (Lipinski definition) is 3. The summed E-state index contributed by atoms with van der Waals surface area (Å²) in [6, 6.07) is 12.4. The summed E-state index contributed by atoms with van der Waals surface area (Å²) in [6.07, 6.45) is -0.129. The monoisotopic (exact) mass is 385 g/mol. The maximum absolute atomic E-state index is 12.7. The molecule has 0 atom stereocenters. The van der Waals surface area contributed by atoms with Crippen LogP contribution in [0.15, 0.2) is 47.4 Å². The molecule has 3 rings (SSSR count). The van der Waals surface area contributed by atoms with Crippen LogP contribution in [-0.2, 0) is 21.4 Å². The van der Waals surface area contributed by atoms with Crippen molar-refractivity contribution < 1.29 is 13.2 Å². The molecule has 1 aliphatic heterocycles. The van der Waals surface area contributed by atoms with Crippen LogP contribution in [0.3, 0.4) is 0 Å². The molecule has 128 valence electrons. The van der Waals surface area contributed by atoms with Crippen LogP contribution in [0, 0.1) is 6.92 Å². The minimum atomic E-state index is -3.54. The topological polar surface area (TPSA) is 46.6 Å². The number of sulfonamides is 1. The third-order valence-corrected chi connectivity index (χ3v) is 6.84. The van der Waals surface area contributed by atoms with Crippen molar-refractivity contribution in [1.29, 1.82) is 0 Å². The van der Waals surface area contributed by atoms with E-state index < -0.39 is 10.0 Å². The summed E-state index contributed by atoms with van der Waals surface area (Å²) in [7, 11) is -3.54. The summed E-state index contributed by atoms with van der Waals surface area (Å²) in [5, 5.41) is 1.10. The molecule has 1 saturated heterocycles. The predicted octanol–water partition coefficient (Wildman–Crippen LogP) is 3.89. The van der Waals surface area contributed by atoms with Crippen LogP contribution < -0.4 is 0 Å². The Bertz CT molecular complexity index is 849. The van der Waals surface area contributed by atoms with Crippen LogP contribution >= 0.6 is 23.2 Å². The van der Waals surface area contributed by atoms with Crippen molar-refractivity contribution in [2.24, 2.45) is 0 Å². The van der Waals surface area contributed by atoms with Gasteiger partial charge in [0, 0.05) is 23.1 Å². The maximum atomic E-state index is 12.7. The van der Waals surface area contributed by atoms with E-state index in [1.54, 1.807) is 31.2 Å². The lowest BCUT2D eigenvalue weighted by Gasteiger charge is -2.38. The van der Waals surface area contributed by atoms with Crippen molar-refractivity contribution in [2.75, 3.05) is 13.1 Å². The van der Waals surface area contributed by atoms with Gasteiger partial charge in [-0.3, -0.25) is 0 Å². The van der Waals surface area contributed by atoms with Gasteiger partial charge in [0.2, 0.25) is 10.0 Å². The number of hydrogen-bond donors (Lipinski definition) is 0. The fourth-order valence-electron chi connectivity index (χ4n) is 2.53. The zero-order valence-corrected chi connectivity index (χ0v) is 15.4. The first-order chi connectivity index (χ1) is 11.4. The Kier molecular flexibility index (Phi) is 5.18. The van der Waals surface area contributed by atoms with Gasteiger partial charge in [-0.15, -0.1) is 0 Å². The molecule has 0 radical (unpaired) electrons. The smallest absolute Gasteiger partial charge is 0.243 e. The molecule has 1 heterocycles. The zero-order chi connectivity index (χ0) is 17.3. The first kappa shape index (κ1) is 17.7. The van der Waals surface area contributed by atoms with Crippen molar-refractivity contribution >= 4 is 33.2 Å². The molecule has 0 saturated carbocycles. The van der Waals surface area contributed by atoms with Gasteiger partial charge in [0.25, 0.3) is 0 Å². The fourth-order valence-corrected chi connectivity index (χ4v) is 4.70. The molecule has 4 nitrogen and oxygen atoms in total. The number of rotatable bonds is 5. The van der Waals surface area contributed by atoms with Gasteiger partial charge in [-0.1, -0.05) is 47.5 Å². The summed E-state index contributed by atoms with van der Waals surface area (Å²) < 4.78 is 32.5. The predicted molar refractivity (Wildman–Crippen MR) is 95.0 cm³/mol. The van der Waals surface area contributed by atoms with Gasteiger partial charge < -0.3 is 4.74 Å². The first-order valence-corrected chi connectivity index (χ1v) is 9.69. The molecule has 1 fully saturated rings. The molecule has 0 unspecified atom stereocenters. The number of nitrogens with zero attached hydrogens (tertiary/aromatic N) is 1. The second-order valence-corrected chi connectivity index (χ2v) is 8.43. The summed E-state index contributed by atoms with van der Waals surface area (Å²) in [6.45, 7) is 2.74. The number of ether oxygens (including phenoxy) is 1. The van der Waals surface area contributed by atoms with Crippen molar-refractivity contribution in [3.05, 3.63) is 63.6 Å². The van der Waals surface area contributed by atoms with Gasteiger partial charge in [-0.25, -0.2) is 8.42 Å². The molecular formula is C17H17Cl2NO3S. The van der Waals surface area contributed by atoms with Crippen molar-refractivity contribution in [3.8, 4) is 0 Å². The molecule has 2 aromatic rings. The third kappa shape index (κ3) is 3.46. The van der Waals surface area contributed by atoms with E-state index in [2.05, 4.69) is 0 Å². The minimum absolute atomic E-state index is 0.129. The van der Waals surface area contributed by atoms with Crippen LogP contribution in [0.4, 0.5) is 0 Å².